The van der Waals surface area contributed by atoms with Crippen LogP contribution in [0.5, 0.6) is 0 Å². The van der Waals surface area contributed by atoms with Gasteiger partial charge < -0.3 is 19.2 Å². The highest BCUT2D eigenvalue weighted by molar-refractivity contribution is 7.14. The van der Waals surface area contributed by atoms with Gasteiger partial charge in [-0.25, -0.2) is 0 Å². The van der Waals surface area contributed by atoms with Gasteiger partial charge in [-0.05, 0) is 43.1 Å². The number of carbonyl (C=O) groups excluding carboxylic acids is 1. The van der Waals surface area contributed by atoms with Crippen LogP contribution in [0.25, 0.3) is 22.2 Å². The molecule has 0 spiro atoms. The Kier molecular flexibility index (Phi) is 7.35. The number of thiophene rings is 1. The van der Waals surface area contributed by atoms with Crippen molar-refractivity contribution < 1.29 is 9.32 Å². The molecule has 0 bridgehead atoms. The van der Waals surface area contributed by atoms with E-state index in [9.17, 15) is 4.79 Å². The number of hydrogen-bond acceptors (Lipinski definition) is 7. The summed E-state index contributed by atoms with van der Waals surface area (Å²) in [4.78, 5) is 24.0. The van der Waals surface area contributed by atoms with Crippen molar-refractivity contribution in [3.63, 3.8) is 0 Å². The molecule has 0 unspecified atom stereocenters. The number of benzene rings is 1. The summed E-state index contributed by atoms with van der Waals surface area (Å²) in [6, 6.07) is 7.43. The number of rotatable bonds is 7. The fraction of sp³-hybridized carbons (Fsp3) is 0.409. The molecular formula is C22H25Cl2N5O2S. The molecule has 4 rings (SSSR count). The molecule has 1 fully saturated rings. The second-order valence-corrected chi connectivity index (χ2v) is 9.63. The number of aromatic nitrogens is 2. The lowest BCUT2D eigenvalue weighted by Crippen LogP contribution is -2.47. The van der Waals surface area contributed by atoms with Gasteiger partial charge in [0.1, 0.15) is 4.88 Å². The lowest BCUT2D eigenvalue weighted by molar-refractivity contribution is -0.132. The Balaban J connectivity index is 1.39. The van der Waals surface area contributed by atoms with E-state index in [1.807, 2.05) is 35.5 Å². The smallest absolute Gasteiger partial charge is 0.269 e. The van der Waals surface area contributed by atoms with E-state index in [-0.39, 0.29) is 5.91 Å². The van der Waals surface area contributed by atoms with Gasteiger partial charge in [0, 0.05) is 51.8 Å². The van der Waals surface area contributed by atoms with Crippen LogP contribution in [0.4, 0.5) is 5.69 Å². The van der Waals surface area contributed by atoms with Gasteiger partial charge in [0.2, 0.25) is 11.7 Å². The Bertz CT molecular complexity index is 1080. The van der Waals surface area contributed by atoms with Crippen LogP contribution < -0.4 is 4.90 Å². The van der Waals surface area contributed by atoms with E-state index >= 15 is 0 Å². The Morgan fingerprint density at radius 1 is 1.19 bits per heavy atom. The highest BCUT2D eigenvalue weighted by Gasteiger charge is 2.19. The van der Waals surface area contributed by atoms with Crippen molar-refractivity contribution in [2.24, 2.45) is 0 Å². The van der Waals surface area contributed by atoms with Crippen molar-refractivity contribution in [1.82, 2.24) is 19.9 Å². The summed E-state index contributed by atoms with van der Waals surface area (Å²) in [6.45, 7) is 4.20. The molecule has 2 aromatic heterocycles. The van der Waals surface area contributed by atoms with Crippen LogP contribution in [0.1, 0.15) is 12.8 Å². The summed E-state index contributed by atoms with van der Waals surface area (Å²) >= 11 is 14.1. The number of halogens is 2. The highest BCUT2D eigenvalue weighted by Crippen LogP contribution is 2.34. The van der Waals surface area contributed by atoms with Crippen LogP contribution in [0.2, 0.25) is 10.0 Å². The van der Waals surface area contributed by atoms with Crippen LogP contribution in [-0.4, -0.2) is 72.7 Å². The maximum atomic E-state index is 12.5. The Morgan fingerprint density at radius 2 is 1.97 bits per heavy atom. The molecule has 1 saturated heterocycles. The summed E-state index contributed by atoms with van der Waals surface area (Å²) in [5.41, 5.74) is 1.66. The van der Waals surface area contributed by atoms with Gasteiger partial charge in [-0.15, -0.1) is 11.3 Å². The third-order valence-corrected chi connectivity index (χ3v) is 7.24. The van der Waals surface area contributed by atoms with Gasteiger partial charge in [0.05, 0.1) is 15.7 Å². The van der Waals surface area contributed by atoms with Crippen molar-refractivity contribution in [2.45, 2.75) is 12.8 Å². The van der Waals surface area contributed by atoms with E-state index in [2.05, 4.69) is 27.0 Å². The minimum Gasteiger partial charge on any atom is -0.373 e. The van der Waals surface area contributed by atoms with E-state index in [4.69, 9.17) is 27.7 Å². The number of piperazine rings is 1. The molecule has 0 aliphatic carbocycles. The quantitative estimate of drug-likeness (QED) is 0.472. The summed E-state index contributed by atoms with van der Waals surface area (Å²) in [6.07, 6.45) is 1.28. The minimum absolute atomic E-state index is 0.220. The molecule has 1 aliphatic heterocycles. The van der Waals surface area contributed by atoms with Crippen LogP contribution in [0, 0.1) is 0 Å². The van der Waals surface area contributed by atoms with Gasteiger partial charge in [-0.2, -0.15) is 4.98 Å². The van der Waals surface area contributed by atoms with Gasteiger partial charge in [0.15, 0.2) is 0 Å². The zero-order valence-corrected chi connectivity index (χ0v) is 20.4. The second kappa shape index (κ2) is 10.2. The highest BCUT2D eigenvalue weighted by atomic mass is 35.5. The van der Waals surface area contributed by atoms with E-state index in [1.54, 1.807) is 6.07 Å². The lowest BCUT2D eigenvalue weighted by atomic mass is 10.1. The molecule has 3 heterocycles. The molecule has 1 aromatic carbocycles. The van der Waals surface area contributed by atoms with Crippen molar-refractivity contribution in [3.8, 4) is 22.2 Å². The maximum Gasteiger partial charge on any atom is 0.269 e. The fourth-order valence-electron chi connectivity index (χ4n) is 3.63. The third-order valence-electron chi connectivity index (χ3n) is 5.59. The van der Waals surface area contributed by atoms with E-state index < -0.39 is 0 Å². The zero-order chi connectivity index (χ0) is 22.7. The first-order valence-corrected chi connectivity index (χ1v) is 12.1. The van der Waals surface area contributed by atoms with Crippen molar-refractivity contribution >= 4 is 46.1 Å². The minimum atomic E-state index is 0.220. The molecule has 10 heteroatoms. The molecule has 170 valence electrons. The largest absolute Gasteiger partial charge is 0.373 e. The van der Waals surface area contributed by atoms with E-state index in [1.165, 1.54) is 11.3 Å². The molecular weight excluding hydrogens is 469 g/mol. The van der Waals surface area contributed by atoms with Gasteiger partial charge in [-0.1, -0.05) is 28.4 Å². The number of carbonyl (C=O) groups is 1. The molecule has 32 heavy (non-hydrogen) atoms. The molecule has 1 aliphatic rings. The molecule has 0 radical (unpaired) electrons. The van der Waals surface area contributed by atoms with Crippen LogP contribution >= 0.6 is 34.5 Å². The monoisotopic (exact) mass is 493 g/mol. The van der Waals surface area contributed by atoms with Crippen LogP contribution in [-0.2, 0) is 4.79 Å². The van der Waals surface area contributed by atoms with E-state index in [0.717, 1.165) is 48.7 Å². The fourth-order valence-corrected chi connectivity index (χ4v) is 4.94. The molecule has 1 amide bonds. The van der Waals surface area contributed by atoms with Gasteiger partial charge >= 0.3 is 0 Å². The topological polar surface area (TPSA) is 65.7 Å². The van der Waals surface area contributed by atoms with Crippen molar-refractivity contribution in [3.05, 3.63) is 39.7 Å². The number of nitrogens with zero attached hydrogens (tertiary/aromatic N) is 5. The van der Waals surface area contributed by atoms with Crippen LogP contribution in [0.3, 0.4) is 0 Å². The summed E-state index contributed by atoms with van der Waals surface area (Å²) in [5, 5.41) is 7.20. The number of likely N-dealkylation sites (N-methyl/N-ethyl adjacent to an activating group) is 1. The summed E-state index contributed by atoms with van der Waals surface area (Å²) < 4.78 is 5.40. The zero-order valence-electron chi connectivity index (χ0n) is 18.1. The normalized spacial score (nSPS) is 14.7. The van der Waals surface area contributed by atoms with Gasteiger partial charge in [0.25, 0.3) is 5.89 Å². The summed E-state index contributed by atoms with van der Waals surface area (Å²) in [7, 11) is 4.06. The van der Waals surface area contributed by atoms with Crippen LogP contribution in [0.15, 0.2) is 34.2 Å². The summed E-state index contributed by atoms with van der Waals surface area (Å²) in [5.74, 6) is 1.09. The van der Waals surface area contributed by atoms with Crippen molar-refractivity contribution in [1.29, 1.82) is 0 Å². The molecule has 7 nitrogen and oxygen atoms in total. The lowest BCUT2D eigenvalue weighted by Gasteiger charge is -2.32. The predicted octanol–water partition coefficient (Wildman–Crippen LogP) is 4.76. The van der Waals surface area contributed by atoms with Crippen molar-refractivity contribution in [2.75, 3.05) is 51.7 Å². The van der Waals surface area contributed by atoms with Gasteiger partial charge in [-0.3, -0.25) is 4.79 Å². The average Bonchev–Trinajstić information content (AvgIpc) is 3.43. The maximum absolute atomic E-state index is 12.5. The molecule has 3 aromatic rings. The molecule has 0 atom stereocenters. The number of hydrogen-bond donors (Lipinski definition) is 0. The Morgan fingerprint density at radius 3 is 2.69 bits per heavy atom. The second-order valence-electron chi connectivity index (χ2n) is 7.90. The first-order valence-electron chi connectivity index (χ1n) is 10.5. The Labute approximate surface area is 201 Å². The average molecular weight is 494 g/mol. The number of anilines is 1. The SMILES string of the molecule is CN1CCN(C(=O)CCCN(C)c2cc(-c3noc(-c4sccc4Cl)n3)ccc2Cl)CC1. The standard InChI is InChI=1S/C22H25Cl2N5O2S/c1-27-9-11-29(12-10-27)19(30)4-3-8-28(2)18-14-15(5-6-16(18)23)21-25-22(31-26-21)20-17(24)7-13-32-20/h5-7,13-14H,3-4,8-12H2,1-2H3. The molecule has 0 saturated carbocycles. The Hall–Kier alpha value is -2.13. The first kappa shape index (κ1) is 23.0. The molecule has 0 N–H and O–H groups in total. The first-order chi connectivity index (χ1) is 15.4. The third kappa shape index (κ3) is 5.26. The van der Waals surface area contributed by atoms with E-state index in [0.29, 0.717) is 34.7 Å². The number of amides is 1. The predicted molar refractivity (Wildman–Crippen MR) is 130 cm³/mol.